The van der Waals surface area contributed by atoms with E-state index in [1.165, 1.54) is 11.3 Å². The van der Waals surface area contributed by atoms with Gasteiger partial charge in [-0.15, -0.1) is 11.3 Å². The van der Waals surface area contributed by atoms with Gasteiger partial charge in [-0.05, 0) is 49.6 Å². The lowest BCUT2D eigenvalue weighted by Crippen LogP contribution is -2.21. The molecule has 1 amide bonds. The molecular weight excluding hydrogens is 314 g/mol. The van der Waals surface area contributed by atoms with Crippen molar-refractivity contribution in [1.29, 1.82) is 0 Å². The second-order valence-corrected chi connectivity index (χ2v) is 6.69. The topological polar surface area (TPSA) is 73.2 Å². The molecule has 2 aromatic rings. The molecule has 0 aromatic carbocycles. The lowest BCUT2D eigenvalue weighted by atomic mass is 10.2. The molecule has 0 atom stereocenters. The van der Waals surface area contributed by atoms with Gasteiger partial charge in [-0.3, -0.25) is 9.48 Å². The summed E-state index contributed by atoms with van der Waals surface area (Å²) in [7, 11) is 1.81. The SMILES string of the molecule is Cc1nn(C)c(C)c1NC(=O)COC(=O)c1sccc1C1CC1. The van der Waals surface area contributed by atoms with Crippen molar-refractivity contribution in [3.8, 4) is 0 Å². The van der Waals surface area contributed by atoms with Crippen molar-refractivity contribution in [1.82, 2.24) is 9.78 Å². The molecule has 0 unspecified atom stereocenters. The van der Waals surface area contributed by atoms with Gasteiger partial charge in [-0.25, -0.2) is 4.79 Å². The Balaban J connectivity index is 1.58. The minimum absolute atomic E-state index is 0.297. The van der Waals surface area contributed by atoms with Crippen LogP contribution in [-0.4, -0.2) is 28.3 Å². The number of hydrogen-bond donors (Lipinski definition) is 1. The highest BCUT2D eigenvalue weighted by atomic mass is 32.1. The number of thiophene rings is 1. The van der Waals surface area contributed by atoms with Gasteiger partial charge in [0.1, 0.15) is 4.88 Å². The summed E-state index contributed by atoms with van der Waals surface area (Å²) in [4.78, 5) is 24.8. The Morgan fingerprint density at radius 2 is 2.17 bits per heavy atom. The van der Waals surface area contributed by atoms with Gasteiger partial charge in [0, 0.05) is 7.05 Å². The predicted molar refractivity (Wildman–Crippen MR) is 87.9 cm³/mol. The predicted octanol–water partition coefficient (Wildman–Crippen LogP) is 2.77. The van der Waals surface area contributed by atoms with E-state index >= 15 is 0 Å². The minimum atomic E-state index is -0.420. The first-order chi connectivity index (χ1) is 11.0. The van der Waals surface area contributed by atoms with Crippen LogP contribution < -0.4 is 5.32 Å². The third-order valence-electron chi connectivity index (χ3n) is 4.01. The molecule has 3 rings (SSSR count). The summed E-state index contributed by atoms with van der Waals surface area (Å²) in [5.41, 5.74) is 3.32. The maximum Gasteiger partial charge on any atom is 0.349 e. The number of amides is 1. The molecule has 0 bridgehead atoms. The Kier molecular flexibility index (Phi) is 4.21. The van der Waals surface area contributed by atoms with E-state index in [1.54, 1.807) is 4.68 Å². The van der Waals surface area contributed by atoms with Crippen LogP contribution in [0.4, 0.5) is 5.69 Å². The van der Waals surface area contributed by atoms with Crippen LogP contribution in [-0.2, 0) is 16.6 Å². The van der Waals surface area contributed by atoms with Gasteiger partial charge in [-0.1, -0.05) is 0 Å². The molecular formula is C16H19N3O3S. The van der Waals surface area contributed by atoms with Crippen LogP contribution in [0.5, 0.6) is 0 Å². The van der Waals surface area contributed by atoms with Crippen molar-refractivity contribution in [2.75, 3.05) is 11.9 Å². The molecule has 0 spiro atoms. The van der Waals surface area contributed by atoms with Gasteiger partial charge in [0.05, 0.1) is 17.1 Å². The maximum absolute atomic E-state index is 12.1. The van der Waals surface area contributed by atoms with E-state index < -0.39 is 5.97 Å². The number of ether oxygens (including phenoxy) is 1. The zero-order valence-corrected chi connectivity index (χ0v) is 14.2. The first kappa shape index (κ1) is 15.7. The highest BCUT2D eigenvalue weighted by Crippen LogP contribution is 2.43. The van der Waals surface area contributed by atoms with Crippen molar-refractivity contribution < 1.29 is 14.3 Å². The molecule has 0 saturated heterocycles. The van der Waals surface area contributed by atoms with Crippen molar-refractivity contribution >= 4 is 28.9 Å². The van der Waals surface area contributed by atoms with E-state index in [2.05, 4.69) is 10.4 Å². The largest absolute Gasteiger partial charge is 0.451 e. The molecule has 0 radical (unpaired) electrons. The summed E-state index contributed by atoms with van der Waals surface area (Å²) >= 11 is 1.37. The number of carbonyl (C=O) groups is 2. The molecule has 2 aromatic heterocycles. The summed E-state index contributed by atoms with van der Waals surface area (Å²) in [6, 6.07) is 1.97. The van der Waals surface area contributed by atoms with Gasteiger partial charge in [0.25, 0.3) is 5.91 Å². The van der Waals surface area contributed by atoms with Crippen molar-refractivity contribution in [2.45, 2.75) is 32.6 Å². The molecule has 2 heterocycles. The first-order valence-electron chi connectivity index (χ1n) is 7.52. The van der Waals surface area contributed by atoms with Gasteiger partial charge < -0.3 is 10.1 Å². The Labute approximate surface area is 138 Å². The molecule has 6 nitrogen and oxygen atoms in total. The second kappa shape index (κ2) is 6.16. The van der Waals surface area contributed by atoms with E-state index in [-0.39, 0.29) is 12.5 Å². The average Bonchev–Trinajstić information content (AvgIpc) is 3.20. The zero-order chi connectivity index (χ0) is 16.6. The quantitative estimate of drug-likeness (QED) is 0.854. The maximum atomic E-state index is 12.1. The molecule has 1 fully saturated rings. The third-order valence-corrected chi connectivity index (χ3v) is 4.92. The number of aromatic nitrogens is 2. The van der Waals surface area contributed by atoms with Gasteiger partial charge in [0.15, 0.2) is 6.61 Å². The zero-order valence-electron chi connectivity index (χ0n) is 13.4. The number of anilines is 1. The van der Waals surface area contributed by atoms with E-state index in [1.807, 2.05) is 32.3 Å². The fourth-order valence-corrected chi connectivity index (χ4v) is 3.40. The van der Waals surface area contributed by atoms with Gasteiger partial charge >= 0.3 is 5.97 Å². The number of nitrogens with one attached hydrogen (secondary N) is 1. The van der Waals surface area contributed by atoms with Crippen LogP contribution in [0.15, 0.2) is 11.4 Å². The molecule has 0 aliphatic heterocycles. The van der Waals surface area contributed by atoms with Crippen molar-refractivity contribution in [3.05, 3.63) is 33.3 Å². The second-order valence-electron chi connectivity index (χ2n) is 5.77. The van der Waals surface area contributed by atoms with Gasteiger partial charge in [0.2, 0.25) is 0 Å². The fourth-order valence-electron chi connectivity index (χ4n) is 2.53. The lowest BCUT2D eigenvalue weighted by molar-refractivity contribution is -0.119. The Hall–Kier alpha value is -2.15. The van der Waals surface area contributed by atoms with Crippen LogP contribution in [0.25, 0.3) is 0 Å². The number of nitrogens with zero attached hydrogens (tertiary/aromatic N) is 2. The van der Waals surface area contributed by atoms with Crippen LogP contribution in [0, 0.1) is 13.8 Å². The lowest BCUT2D eigenvalue weighted by Gasteiger charge is -2.07. The van der Waals surface area contributed by atoms with Crippen LogP contribution in [0.1, 0.15) is 45.4 Å². The highest BCUT2D eigenvalue weighted by Gasteiger charge is 2.29. The van der Waals surface area contributed by atoms with E-state index in [9.17, 15) is 9.59 Å². The summed E-state index contributed by atoms with van der Waals surface area (Å²) in [6.07, 6.45) is 2.24. The van der Waals surface area contributed by atoms with Crippen molar-refractivity contribution in [3.63, 3.8) is 0 Å². The van der Waals surface area contributed by atoms with Crippen LogP contribution in [0.2, 0.25) is 0 Å². The summed E-state index contributed by atoms with van der Waals surface area (Å²) in [6.45, 7) is 3.39. The summed E-state index contributed by atoms with van der Waals surface area (Å²) < 4.78 is 6.86. The minimum Gasteiger partial charge on any atom is -0.451 e. The summed E-state index contributed by atoms with van der Waals surface area (Å²) in [5.74, 6) is -0.294. The van der Waals surface area contributed by atoms with Gasteiger partial charge in [-0.2, -0.15) is 5.10 Å². The molecule has 1 saturated carbocycles. The first-order valence-corrected chi connectivity index (χ1v) is 8.40. The third kappa shape index (κ3) is 3.29. The van der Waals surface area contributed by atoms with E-state index in [0.717, 1.165) is 29.8 Å². The van der Waals surface area contributed by atoms with Crippen LogP contribution >= 0.6 is 11.3 Å². The molecule has 1 N–H and O–H groups in total. The number of aryl methyl sites for hydroxylation is 2. The molecule has 23 heavy (non-hydrogen) atoms. The highest BCUT2D eigenvalue weighted by molar-refractivity contribution is 7.12. The Bertz CT molecular complexity index is 759. The number of rotatable bonds is 5. The summed E-state index contributed by atoms with van der Waals surface area (Å²) in [5, 5.41) is 8.88. The molecule has 1 aliphatic rings. The van der Waals surface area contributed by atoms with E-state index in [4.69, 9.17) is 4.74 Å². The molecule has 7 heteroatoms. The normalized spacial score (nSPS) is 13.9. The Morgan fingerprint density at radius 3 is 2.78 bits per heavy atom. The van der Waals surface area contributed by atoms with Crippen molar-refractivity contribution in [2.24, 2.45) is 7.05 Å². The monoisotopic (exact) mass is 333 g/mol. The number of carbonyl (C=O) groups excluding carboxylic acids is 2. The smallest absolute Gasteiger partial charge is 0.349 e. The Morgan fingerprint density at radius 1 is 1.43 bits per heavy atom. The molecule has 1 aliphatic carbocycles. The average molecular weight is 333 g/mol. The number of hydrogen-bond acceptors (Lipinski definition) is 5. The number of esters is 1. The van der Waals surface area contributed by atoms with E-state index in [0.29, 0.717) is 16.5 Å². The molecule has 122 valence electrons. The fraction of sp³-hybridized carbons (Fsp3) is 0.438. The van der Waals surface area contributed by atoms with Crippen LogP contribution in [0.3, 0.4) is 0 Å². The standard InChI is InChI=1S/C16H19N3O3S/c1-9-14(10(2)19(3)18-9)17-13(20)8-22-16(21)15-12(6-7-23-15)11-4-5-11/h6-7,11H,4-5,8H2,1-3H3,(H,17,20).